The van der Waals surface area contributed by atoms with Gasteiger partial charge in [0.15, 0.2) is 5.65 Å². The van der Waals surface area contributed by atoms with Gasteiger partial charge in [-0.1, -0.05) is 0 Å². The van der Waals surface area contributed by atoms with Crippen LogP contribution in [0.1, 0.15) is 38.5 Å². The smallest absolute Gasteiger partial charge is 0.312 e. The maximum Gasteiger partial charge on any atom is 0.312 e. The normalized spacial score (nSPS) is 18.6. The predicted molar refractivity (Wildman–Crippen MR) is 98.3 cm³/mol. The summed E-state index contributed by atoms with van der Waals surface area (Å²) in [5.74, 6) is 1.40. The first-order chi connectivity index (χ1) is 12.2. The monoisotopic (exact) mass is 341 g/mol. The van der Waals surface area contributed by atoms with Gasteiger partial charge in [0.1, 0.15) is 5.82 Å². The second-order valence-corrected chi connectivity index (χ2v) is 6.90. The molecule has 2 aromatic heterocycles. The van der Waals surface area contributed by atoms with Crippen molar-refractivity contribution in [1.82, 2.24) is 9.97 Å². The standard InChI is InChI=1S/C18H23N5O2/c24-23(25)15-13-14-7-8-16(21-9-3-1-4-10-21)19-17(14)20-18(15)22-11-5-2-6-12-22/h7-8,13H,1-6,9-12H2. The molecule has 25 heavy (non-hydrogen) atoms. The Balaban J connectivity index is 1.76. The van der Waals surface area contributed by atoms with Crippen LogP contribution in [-0.2, 0) is 0 Å². The predicted octanol–water partition coefficient (Wildman–Crippen LogP) is 3.52. The van der Waals surface area contributed by atoms with Crippen molar-refractivity contribution in [3.05, 3.63) is 28.3 Å². The van der Waals surface area contributed by atoms with Crippen molar-refractivity contribution in [2.24, 2.45) is 0 Å². The number of anilines is 2. The van der Waals surface area contributed by atoms with Crippen LogP contribution >= 0.6 is 0 Å². The van der Waals surface area contributed by atoms with Gasteiger partial charge in [-0.25, -0.2) is 9.97 Å². The number of pyridine rings is 2. The van der Waals surface area contributed by atoms with Gasteiger partial charge in [0.25, 0.3) is 0 Å². The Bertz CT molecular complexity index is 782. The van der Waals surface area contributed by atoms with Gasteiger partial charge in [-0.15, -0.1) is 0 Å². The second kappa shape index (κ2) is 6.82. The SMILES string of the molecule is O=[N+]([O-])c1cc2ccc(N3CCCCC3)nc2nc1N1CCCCC1. The summed E-state index contributed by atoms with van der Waals surface area (Å²) < 4.78 is 0. The third-order valence-corrected chi connectivity index (χ3v) is 5.16. The largest absolute Gasteiger partial charge is 0.357 e. The molecule has 0 N–H and O–H groups in total. The molecule has 0 unspecified atom stereocenters. The number of nitro groups is 1. The molecule has 0 radical (unpaired) electrons. The number of nitrogens with zero attached hydrogens (tertiary/aromatic N) is 5. The lowest BCUT2D eigenvalue weighted by molar-refractivity contribution is -0.384. The highest BCUT2D eigenvalue weighted by Crippen LogP contribution is 2.32. The van der Waals surface area contributed by atoms with Crippen LogP contribution < -0.4 is 9.80 Å². The molecule has 2 aromatic rings. The number of hydrogen-bond acceptors (Lipinski definition) is 6. The van der Waals surface area contributed by atoms with E-state index in [1.54, 1.807) is 6.07 Å². The summed E-state index contributed by atoms with van der Waals surface area (Å²) in [6.07, 6.45) is 6.93. The molecule has 2 aliphatic rings. The molecule has 0 aromatic carbocycles. The molecule has 0 aliphatic carbocycles. The summed E-state index contributed by atoms with van der Waals surface area (Å²) >= 11 is 0. The molecular weight excluding hydrogens is 318 g/mol. The lowest BCUT2D eigenvalue weighted by atomic mass is 10.1. The van der Waals surface area contributed by atoms with Crippen molar-refractivity contribution in [1.29, 1.82) is 0 Å². The summed E-state index contributed by atoms with van der Waals surface area (Å²) in [7, 11) is 0. The number of rotatable bonds is 3. The Kier molecular flexibility index (Phi) is 4.38. The molecule has 7 nitrogen and oxygen atoms in total. The average Bonchev–Trinajstić information content (AvgIpc) is 2.68. The first-order valence-corrected chi connectivity index (χ1v) is 9.18. The number of fused-ring (bicyclic) bond motifs is 1. The Morgan fingerprint density at radius 1 is 0.880 bits per heavy atom. The van der Waals surface area contributed by atoms with Gasteiger partial charge in [-0.3, -0.25) is 10.1 Å². The molecule has 0 atom stereocenters. The van der Waals surface area contributed by atoms with E-state index in [0.717, 1.165) is 50.2 Å². The van der Waals surface area contributed by atoms with Crippen LogP contribution in [0, 0.1) is 10.1 Å². The molecule has 132 valence electrons. The van der Waals surface area contributed by atoms with Crippen LogP contribution in [0.15, 0.2) is 18.2 Å². The summed E-state index contributed by atoms with van der Waals surface area (Å²) in [6, 6.07) is 5.49. The average molecular weight is 341 g/mol. The summed E-state index contributed by atoms with van der Waals surface area (Å²) in [4.78, 5) is 24.9. The van der Waals surface area contributed by atoms with E-state index in [4.69, 9.17) is 4.98 Å². The van der Waals surface area contributed by atoms with Gasteiger partial charge in [-0.2, -0.15) is 0 Å². The molecule has 4 rings (SSSR count). The Hall–Kier alpha value is -2.44. The third kappa shape index (κ3) is 3.23. The molecule has 4 heterocycles. The zero-order valence-corrected chi connectivity index (χ0v) is 14.4. The van der Waals surface area contributed by atoms with E-state index >= 15 is 0 Å². The second-order valence-electron chi connectivity index (χ2n) is 6.90. The number of hydrogen-bond donors (Lipinski definition) is 0. The first kappa shape index (κ1) is 16.1. The van der Waals surface area contributed by atoms with Crippen molar-refractivity contribution in [2.75, 3.05) is 36.0 Å². The quantitative estimate of drug-likeness (QED) is 0.628. The van der Waals surface area contributed by atoms with Crippen molar-refractivity contribution in [2.45, 2.75) is 38.5 Å². The van der Waals surface area contributed by atoms with Crippen molar-refractivity contribution < 1.29 is 4.92 Å². The first-order valence-electron chi connectivity index (χ1n) is 9.18. The topological polar surface area (TPSA) is 75.4 Å². The Morgan fingerprint density at radius 2 is 1.52 bits per heavy atom. The summed E-state index contributed by atoms with van der Waals surface area (Å²) in [5.41, 5.74) is 0.691. The maximum atomic E-state index is 11.5. The number of piperidine rings is 2. The molecular formula is C18H23N5O2. The Morgan fingerprint density at radius 3 is 2.16 bits per heavy atom. The summed E-state index contributed by atoms with van der Waals surface area (Å²) in [6.45, 7) is 3.69. The Labute approximate surface area is 146 Å². The van der Waals surface area contributed by atoms with E-state index < -0.39 is 0 Å². The van der Waals surface area contributed by atoms with Gasteiger partial charge in [0, 0.05) is 37.6 Å². The molecule has 7 heteroatoms. The van der Waals surface area contributed by atoms with Crippen molar-refractivity contribution >= 4 is 28.4 Å². The molecule has 2 fully saturated rings. The van der Waals surface area contributed by atoms with E-state index in [2.05, 4.69) is 9.88 Å². The highest BCUT2D eigenvalue weighted by molar-refractivity contribution is 5.83. The van der Waals surface area contributed by atoms with Gasteiger partial charge in [0.05, 0.1) is 4.92 Å². The molecule has 2 aliphatic heterocycles. The fraction of sp³-hybridized carbons (Fsp3) is 0.556. The lowest BCUT2D eigenvalue weighted by Gasteiger charge is -2.28. The molecule has 0 bridgehead atoms. The zero-order chi connectivity index (χ0) is 17.2. The maximum absolute atomic E-state index is 11.5. The molecule has 2 saturated heterocycles. The van der Waals surface area contributed by atoms with Gasteiger partial charge in [-0.05, 0) is 50.7 Å². The van der Waals surface area contributed by atoms with E-state index in [0.29, 0.717) is 11.5 Å². The van der Waals surface area contributed by atoms with Gasteiger partial charge >= 0.3 is 5.69 Å². The highest BCUT2D eigenvalue weighted by atomic mass is 16.6. The van der Waals surface area contributed by atoms with E-state index in [1.807, 2.05) is 17.0 Å². The van der Waals surface area contributed by atoms with E-state index in [1.165, 1.54) is 25.7 Å². The minimum absolute atomic E-state index is 0.0851. The van der Waals surface area contributed by atoms with Crippen molar-refractivity contribution in [3.63, 3.8) is 0 Å². The van der Waals surface area contributed by atoms with Crippen LogP contribution in [-0.4, -0.2) is 41.1 Å². The van der Waals surface area contributed by atoms with Crippen molar-refractivity contribution in [3.8, 4) is 0 Å². The summed E-state index contributed by atoms with van der Waals surface area (Å²) in [5, 5.41) is 12.3. The van der Waals surface area contributed by atoms with Gasteiger partial charge < -0.3 is 9.80 Å². The molecule has 0 saturated carbocycles. The van der Waals surface area contributed by atoms with Crippen LogP contribution in [0.4, 0.5) is 17.3 Å². The molecule has 0 amide bonds. The number of aromatic nitrogens is 2. The van der Waals surface area contributed by atoms with Crippen LogP contribution in [0.3, 0.4) is 0 Å². The highest BCUT2D eigenvalue weighted by Gasteiger charge is 2.24. The fourth-order valence-electron chi connectivity index (χ4n) is 3.79. The minimum atomic E-state index is -0.324. The van der Waals surface area contributed by atoms with Crippen LogP contribution in [0.5, 0.6) is 0 Å². The lowest BCUT2D eigenvalue weighted by Crippen LogP contribution is -2.31. The van der Waals surface area contributed by atoms with Crippen LogP contribution in [0.2, 0.25) is 0 Å². The molecule has 0 spiro atoms. The minimum Gasteiger partial charge on any atom is -0.357 e. The van der Waals surface area contributed by atoms with Gasteiger partial charge in [0.2, 0.25) is 5.82 Å². The fourth-order valence-corrected chi connectivity index (χ4v) is 3.79. The third-order valence-electron chi connectivity index (χ3n) is 5.16. The zero-order valence-electron chi connectivity index (χ0n) is 14.4. The van der Waals surface area contributed by atoms with E-state index in [-0.39, 0.29) is 10.6 Å². The van der Waals surface area contributed by atoms with Crippen LogP contribution in [0.25, 0.3) is 11.0 Å². The van der Waals surface area contributed by atoms with E-state index in [9.17, 15) is 10.1 Å².